The van der Waals surface area contributed by atoms with Gasteiger partial charge in [-0.1, -0.05) is 30.0 Å². The lowest BCUT2D eigenvalue weighted by atomic mass is 10.1. The molecule has 0 aliphatic rings. The van der Waals surface area contributed by atoms with E-state index in [0.717, 1.165) is 16.8 Å². The Morgan fingerprint density at radius 3 is 2.78 bits per heavy atom. The van der Waals surface area contributed by atoms with E-state index in [0.29, 0.717) is 16.6 Å². The third kappa shape index (κ3) is 4.28. The van der Waals surface area contributed by atoms with Gasteiger partial charge < -0.3 is 10.1 Å². The molecule has 7 nitrogen and oxygen atoms in total. The Labute approximate surface area is 162 Å². The van der Waals surface area contributed by atoms with Gasteiger partial charge in [0, 0.05) is 11.8 Å². The van der Waals surface area contributed by atoms with E-state index in [1.54, 1.807) is 17.9 Å². The van der Waals surface area contributed by atoms with Gasteiger partial charge in [-0.3, -0.25) is 4.79 Å². The van der Waals surface area contributed by atoms with Gasteiger partial charge in [0.2, 0.25) is 11.1 Å². The number of carbonyl (C=O) groups is 1. The van der Waals surface area contributed by atoms with E-state index < -0.39 is 0 Å². The van der Waals surface area contributed by atoms with E-state index in [9.17, 15) is 4.79 Å². The van der Waals surface area contributed by atoms with Crippen molar-refractivity contribution < 1.29 is 9.53 Å². The van der Waals surface area contributed by atoms with Crippen LogP contribution < -0.4 is 10.1 Å². The number of tetrazole rings is 1. The molecular formula is C19H21N5O2S. The second kappa shape index (κ2) is 8.22. The molecule has 0 spiro atoms. The lowest BCUT2D eigenvalue weighted by Crippen LogP contribution is -2.23. The molecule has 0 radical (unpaired) electrons. The Kier molecular flexibility index (Phi) is 5.75. The van der Waals surface area contributed by atoms with Gasteiger partial charge in [-0.05, 0) is 60.5 Å². The van der Waals surface area contributed by atoms with Crippen LogP contribution in [0.25, 0.3) is 5.69 Å². The molecule has 0 aliphatic heterocycles. The topological polar surface area (TPSA) is 81.9 Å². The van der Waals surface area contributed by atoms with Crippen molar-refractivity contribution in [3.8, 4) is 11.4 Å². The third-order valence-electron chi connectivity index (χ3n) is 4.23. The van der Waals surface area contributed by atoms with Crippen LogP contribution in [-0.4, -0.2) is 38.5 Å². The first-order valence-electron chi connectivity index (χ1n) is 8.46. The highest BCUT2D eigenvalue weighted by Crippen LogP contribution is 2.26. The fraction of sp³-hybridized carbons (Fsp3) is 0.263. The first kappa shape index (κ1) is 18.9. The van der Waals surface area contributed by atoms with Crippen molar-refractivity contribution in [2.45, 2.75) is 31.2 Å². The van der Waals surface area contributed by atoms with Crippen molar-refractivity contribution >= 4 is 23.4 Å². The zero-order valence-electron chi connectivity index (χ0n) is 15.6. The molecule has 2 aromatic carbocycles. The molecule has 1 heterocycles. The summed E-state index contributed by atoms with van der Waals surface area (Å²) in [7, 11) is 1.59. The number of aryl methyl sites for hydroxylation is 1. The Morgan fingerprint density at radius 1 is 1.22 bits per heavy atom. The number of hydrogen-bond donors (Lipinski definition) is 1. The molecule has 0 unspecified atom stereocenters. The van der Waals surface area contributed by atoms with Crippen molar-refractivity contribution in [3.63, 3.8) is 0 Å². The van der Waals surface area contributed by atoms with Crippen LogP contribution in [-0.2, 0) is 4.79 Å². The quantitative estimate of drug-likeness (QED) is 0.657. The van der Waals surface area contributed by atoms with Crippen molar-refractivity contribution in [1.82, 2.24) is 20.2 Å². The summed E-state index contributed by atoms with van der Waals surface area (Å²) in [6.07, 6.45) is 0. The maximum Gasteiger partial charge on any atom is 0.237 e. The zero-order chi connectivity index (χ0) is 19.4. The minimum Gasteiger partial charge on any atom is -0.497 e. The predicted molar refractivity (Wildman–Crippen MR) is 106 cm³/mol. The van der Waals surface area contributed by atoms with Crippen LogP contribution in [0.2, 0.25) is 0 Å². The summed E-state index contributed by atoms with van der Waals surface area (Å²) in [6.45, 7) is 5.89. The summed E-state index contributed by atoms with van der Waals surface area (Å²) in [5.74, 6) is 0.552. The Balaban J connectivity index is 1.75. The molecule has 0 fully saturated rings. The van der Waals surface area contributed by atoms with E-state index in [2.05, 4.69) is 20.8 Å². The number of thioether (sulfide) groups is 1. The molecule has 1 aromatic heterocycles. The lowest BCUT2D eigenvalue weighted by Gasteiger charge is -2.13. The monoisotopic (exact) mass is 383 g/mol. The van der Waals surface area contributed by atoms with Gasteiger partial charge >= 0.3 is 0 Å². The zero-order valence-corrected chi connectivity index (χ0v) is 16.4. The number of amides is 1. The largest absolute Gasteiger partial charge is 0.497 e. The second-order valence-corrected chi connectivity index (χ2v) is 7.38. The standard InChI is InChI=1S/C19H21N5O2S/c1-12-7-5-10-17(13(12)2)24-19(21-22-23-24)27-14(3)18(25)20-15-8-6-9-16(11-15)26-4/h5-11,14H,1-4H3,(H,20,25)/t14-/m1/s1. The minimum absolute atomic E-state index is 0.135. The van der Waals surface area contributed by atoms with Crippen molar-refractivity contribution in [2.75, 3.05) is 12.4 Å². The number of carbonyl (C=O) groups excluding carboxylic acids is 1. The highest BCUT2D eigenvalue weighted by Gasteiger charge is 2.20. The van der Waals surface area contributed by atoms with Crippen LogP contribution in [0.5, 0.6) is 5.75 Å². The summed E-state index contributed by atoms with van der Waals surface area (Å²) in [5.41, 5.74) is 3.84. The second-order valence-electron chi connectivity index (χ2n) is 6.07. The summed E-state index contributed by atoms with van der Waals surface area (Å²) in [4.78, 5) is 12.6. The fourth-order valence-electron chi connectivity index (χ4n) is 2.53. The molecule has 1 N–H and O–H groups in total. The van der Waals surface area contributed by atoms with E-state index in [1.807, 2.05) is 57.2 Å². The number of hydrogen-bond acceptors (Lipinski definition) is 6. The molecule has 1 amide bonds. The number of nitrogens with zero attached hydrogens (tertiary/aromatic N) is 4. The van der Waals surface area contributed by atoms with Gasteiger partial charge in [0.1, 0.15) is 5.75 Å². The van der Waals surface area contributed by atoms with Gasteiger partial charge in [0.05, 0.1) is 18.0 Å². The molecule has 0 aliphatic carbocycles. The van der Waals surface area contributed by atoms with E-state index >= 15 is 0 Å². The van der Waals surface area contributed by atoms with Crippen LogP contribution in [0.1, 0.15) is 18.1 Å². The molecule has 1 atom stereocenters. The number of rotatable bonds is 6. The fourth-order valence-corrected chi connectivity index (χ4v) is 3.33. The summed E-state index contributed by atoms with van der Waals surface area (Å²) in [5, 5.41) is 15.0. The van der Waals surface area contributed by atoms with Gasteiger partial charge in [0.25, 0.3) is 0 Å². The normalized spacial score (nSPS) is 11.9. The average Bonchev–Trinajstić information content (AvgIpc) is 3.12. The van der Waals surface area contributed by atoms with Crippen LogP contribution >= 0.6 is 11.8 Å². The first-order chi connectivity index (χ1) is 13.0. The van der Waals surface area contributed by atoms with E-state index in [1.165, 1.54) is 11.8 Å². The Bertz CT molecular complexity index is 957. The number of methoxy groups -OCH3 is 1. The molecule has 0 bridgehead atoms. The van der Waals surface area contributed by atoms with Crippen molar-refractivity contribution in [2.24, 2.45) is 0 Å². The molecule has 8 heteroatoms. The Morgan fingerprint density at radius 2 is 2.00 bits per heavy atom. The smallest absolute Gasteiger partial charge is 0.237 e. The average molecular weight is 383 g/mol. The molecule has 140 valence electrons. The molecule has 3 rings (SSSR count). The summed E-state index contributed by atoms with van der Waals surface area (Å²) < 4.78 is 6.85. The van der Waals surface area contributed by atoms with Crippen LogP contribution in [0.3, 0.4) is 0 Å². The minimum atomic E-state index is -0.383. The van der Waals surface area contributed by atoms with Crippen molar-refractivity contribution in [3.05, 3.63) is 53.6 Å². The molecular weight excluding hydrogens is 362 g/mol. The van der Waals surface area contributed by atoms with Gasteiger partial charge in [-0.15, -0.1) is 5.10 Å². The molecule has 27 heavy (non-hydrogen) atoms. The summed E-state index contributed by atoms with van der Waals surface area (Å²) >= 11 is 1.31. The predicted octanol–water partition coefficient (Wildman–Crippen LogP) is 3.41. The maximum absolute atomic E-state index is 12.6. The van der Waals surface area contributed by atoms with Gasteiger partial charge in [0.15, 0.2) is 0 Å². The third-order valence-corrected chi connectivity index (χ3v) is 5.27. The number of ether oxygens (including phenoxy) is 1. The SMILES string of the molecule is COc1cccc(NC(=O)[C@@H](C)Sc2nnnn2-c2cccc(C)c2C)c1. The first-order valence-corrected chi connectivity index (χ1v) is 9.34. The number of benzene rings is 2. The highest BCUT2D eigenvalue weighted by molar-refractivity contribution is 8.00. The highest BCUT2D eigenvalue weighted by atomic mass is 32.2. The molecule has 0 saturated heterocycles. The van der Waals surface area contributed by atoms with Gasteiger partial charge in [-0.25, -0.2) is 0 Å². The van der Waals surface area contributed by atoms with Crippen LogP contribution in [0, 0.1) is 13.8 Å². The van der Waals surface area contributed by atoms with Crippen LogP contribution in [0.4, 0.5) is 5.69 Å². The Hall–Kier alpha value is -2.87. The maximum atomic E-state index is 12.6. The lowest BCUT2D eigenvalue weighted by molar-refractivity contribution is -0.115. The number of nitrogens with one attached hydrogen (secondary N) is 1. The van der Waals surface area contributed by atoms with Crippen molar-refractivity contribution in [1.29, 1.82) is 0 Å². The van der Waals surface area contributed by atoms with E-state index in [4.69, 9.17) is 4.74 Å². The van der Waals surface area contributed by atoms with Gasteiger partial charge in [-0.2, -0.15) is 4.68 Å². The molecule has 0 saturated carbocycles. The number of anilines is 1. The number of aromatic nitrogens is 4. The van der Waals surface area contributed by atoms with E-state index in [-0.39, 0.29) is 11.2 Å². The molecule has 3 aromatic rings. The summed E-state index contributed by atoms with van der Waals surface area (Å²) in [6, 6.07) is 13.2. The van der Waals surface area contributed by atoms with Crippen LogP contribution in [0.15, 0.2) is 47.6 Å².